The summed E-state index contributed by atoms with van der Waals surface area (Å²) in [5.41, 5.74) is 0.630. The van der Waals surface area contributed by atoms with Crippen molar-refractivity contribution in [2.75, 3.05) is 0 Å². The van der Waals surface area contributed by atoms with Gasteiger partial charge in [0.25, 0.3) is 0 Å². The highest BCUT2D eigenvalue weighted by Gasteiger charge is 2.18. The van der Waals surface area contributed by atoms with Crippen LogP contribution in [0.1, 0.15) is 37.0 Å². The summed E-state index contributed by atoms with van der Waals surface area (Å²) in [6, 6.07) is 8.92. The molecular formula is C14H18O3. The first-order valence-electron chi connectivity index (χ1n) is 5.81. The molecule has 0 aliphatic heterocycles. The van der Waals surface area contributed by atoms with Gasteiger partial charge in [0.2, 0.25) is 0 Å². The predicted molar refractivity (Wildman–Crippen MR) is 65.9 cm³/mol. The lowest BCUT2D eigenvalue weighted by molar-refractivity contribution is -0.125. The third-order valence-electron chi connectivity index (χ3n) is 2.93. The molecule has 2 atom stereocenters. The number of aliphatic hydroxyl groups excluding tert-OH is 1. The van der Waals surface area contributed by atoms with Crippen molar-refractivity contribution in [3.8, 4) is 0 Å². The van der Waals surface area contributed by atoms with E-state index in [1.165, 1.54) is 0 Å². The zero-order chi connectivity index (χ0) is 12.8. The second kappa shape index (κ2) is 6.30. The van der Waals surface area contributed by atoms with Crippen molar-refractivity contribution in [2.24, 2.45) is 5.92 Å². The van der Waals surface area contributed by atoms with Crippen molar-refractivity contribution in [2.45, 2.75) is 32.8 Å². The third-order valence-corrected chi connectivity index (χ3v) is 2.93. The van der Waals surface area contributed by atoms with E-state index >= 15 is 0 Å². The molecule has 17 heavy (non-hydrogen) atoms. The quantitative estimate of drug-likeness (QED) is 0.768. The molecule has 0 amide bonds. The summed E-state index contributed by atoms with van der Waals surface area (Å²) < 4.78 is 0. The summed E-state index contributed by atoms with van der Waals surface area (Å²) in [6.45, 7) is 3.27. The molecule has 1 N–H and O–H groups in total. The number of rotatable bonds is 6. The minimum absolute atomic E-state index is 0.0308. The summed E-state index contributed by atoms with van der Waals surface area (Å²) in [5.74, 6) is -0.500. The predicted octanol–water partition coefficient (Wildman–Crippen LogP) is 2.24. The number of hydrogen-bond acceptors (Lipinski definition) is 3. The van der Waals surface area contributed by atoms with Crippen LogP contribution in [0.4, 0.5) is 0 Å². The van der Waals surface area contributed by atoms with Crippen LogP contribution in [-0.2, 0) is 4.79 Å². The van der Waals surface area contributed by atoms with E-state index in [1.807, 2.05) is 6.07 Å². The van der Waals surface area contributed by atoms with E-state index < -0.39 is 12.0 Å². The Morgan fingerprint density at radius 1 is 1.12 bits per heavy atom. The maximum Gasteiger partial charge on any atom is 0.163 e. The molecule has 0 saturated heterocycles. The van der Waals surface area contributed by atoms with Crippen LogP contribution in [0.15, 0.2) is 30.3 Å². The van der Waals surface area contributed by atoms with Gasteiger partial charge in [-0.15, -0.1) is 0 Å². The van der Waals surface area contributed by atoms with Gasteiger partial charge in [-0.3, -0.25) is 9.59 Å². The van der Waals surface area contributed by atoms with Crippen LogP contribution in [0.5, 0.6) is 0 Å². The smallest absolute Gasteiger partial charge is 0.163 e. The standard InChI is InChI=1S/C14H18O3/c1-10(11(2)15)13(16)8-9-14(17)12-6-4-3-5-7-12/h3-7,10-11,15H,8-9H2,1-2H3/t10-,11-/m0/s1. The van der Waals surface area contributed by atoms with Crippen molar-refractivity contribution in [3.63, 3.8) is 0 Å². The SMILES string of the molecule is C[C@H](O)[C@H](C)C(=O)CCC(=O)c1ccccc1. The number of hydrogen-bond donors (Lipinski definition) is 1. The van der Waals surface area contributed by atoms with E-state index in [1.54, 1.807) is 38.1 Å². The summed E-state index contributed by atoms with van der Waals surface area (Å²) in [5, 5.41) is 9.27. The van der Waals surface area contributed by atoms with Gasteiger partial charge < -0.3 is 5.11 Å². The van der Waals surface area contributed by atoms with E-state index in [0.29, 0.717) is 5.56 Å². The Balaban J connectivity index is 2.47. The highest BCUT2D eigenvalue weighted by Crippen LogP contribution is 2.11. The van der Waals surface area contributed by atoms with Gasteiger partial charge in [-0.25, -0.2) is 0 Å². The molecule has 0 fully saturated rings. The van der Waals surface area contributed by atoms with Gasteiger partial charge in [0.05, 0.1) is 6.10 Å². The zero-order valence-electron chi connectivity index (χ0n) is 10.2. The van der Waals surface area contributed by atoms with Crippen molar-refractivity contribution >= 4 is 11.6 Å². The molecule has 92 valence electrons. The highest BCUT2D eigenvalue weighted by atomic mass is 16.3. The normalized spacial score (nSPS) is 14.1. The average molecular weight is 234 g/mol. The first-order valence-corrected chi connectivity index (χ1v) is 5.81. The summed E-state index contributed by atoms with van der Waals surface area (Å²) in [7, 11) is 0. The van der Waals surface area contributed by atoms with Crippen molar-refractivity contribution in [1.29, 1.82) is 0 Å². The number of carbonyl (C=O) groups excluding carboxylic acids is 2. The number of benzene rings is 1. The Morgan fingerprint density at radius 3 is 2.24 bits per heavy atom. The molecule has 0 unspecified atom stereocenters. The van der Waals surface area contributed by atoms with Gasteiger partial charge >= 0.3 is 0 Å². The largest absolute Gasteiger partial charge is 0.393 e. The highest BCUT2D eigenvalue weighted by molar-refractivity contribution is 5.98. The molecular weight excluding hydrogens is 216 g/mol. The van der Waals surface area contributed by atoms with Crippen LogP contribution in [0.2, 0.25) is 0 Å². The minimum atomic E-state index is -0.658. The monoisotopic (exact) mass is 234 g/mol. The molecule has 1 rings (SSSR count). The van der Waals surface area contributed by atoms with Crippen LogP contribution in [-0.4, -0.2) is 22.8 Å². The summed E-state index contributed by atoms with van der Waals surface area (Å²) in [6.07, 6.45) is -0.256. The molecule has 0 aliphatic carbocycles. The van der Waals surface area contributed by atoms with Crippen molar-refractivity contribution in [3.05, 3.63) is 35.9 Å². The van der Waals surface area contributed by atoms with Crippen LogP contribution >= 0.6 is 0 Å². The third kappa shape index (κ3) is 4.11. The van der Waals surface area contributed by atoms with Gasteiger partial charge in [0, 0.05) is 24.3 Å². The van der Waals surface area contributed by atoms with E-state index in [2.05, 4.69) is 0 Å². The fourth-order valence-corrected chi connectivity index (χ4v) is 1.50. The molecule has 0 saturated carbocycles. The minimum Gasteiger partial charge on any atom is -0.393 e. The first kappa shape index (κ1) is 13.6. The second-order valence-corrected chi connectivity index (χ2v) is 4.28. The Kier molecular flexibility index (Phi) is 5.04. The molecule has 0 aromatic heterocycles. The molecule has 0 heterocycles. The van der Waals surface area contributed by atoms with Crippen molar-refractivity contribution in [1.82, 2.24) is 0 Å². The van der Waals surface area contributed by atoms with E-state index in [-0.39, 0.29) is 24.4 Å². The molecule has 0 bridgehead atoms. The first-order chi connectivity index (χ1) is 8.02. The summed E-state index contributed by atoms with van der Waals surface area (Å²) >= 11 is 0. The molecule has 0 radical (unpaired) electrons. The molecule has 1 aromatic rings. The van der Waals surface area contributed by atoms with Gasteiger partial charge in [-0.2, -0.15) is 0 Å². The lowest BCUT2D eigenvalue weighted by Gasteiger charge is -2.12. The maximum absolute atomic E-state index is 11.7. The maximum atomic E-state index is 11.7. The van der Waals surface area contributed by atoms with Crippen LogP contribution in [0.25, 0.3) is 0 Å². The Labute approximate surface area is 101 Å². The van der Waals surface area contributed by atoms with E-state index in [9.17, 15) is 14.7 Å². The fourth-order valence-electron chi connectivity index (χ4n) is 1.50. The second-order valence-electron chi connectivity index (χ2n) is 4.28. The van der Waals surface area contributed by atoms with E-state index in [4.69, 9.17) is 0 Å². The lowest BCUT2D eigenvalue weighted by Crippen LogP contribution is -2.23. The van der Waals surface area contributed by atoms with Crippen molar-refractivity contribution < 1.29 is 14.7 Å². The van der Waals surface area contributed by atoms with Crippen LogP contribution < -0.4 is 0 Å². The molecule has 0 spiro atoms. The molecule has 3 nitrogen and oxygen atoms in total. The zero-order valence-corrected chi connectivity index (χ0v) is 10.2. The molecule has 3 heteroatoms. The van der Waals surface area contributed by atoms with E-state index in [0.717, 1.165) is 0 Å². The van der Waals surface area contributed by atoms with Gasteiger partial charge in [-0.1, -0.05) is 37.3 Å². The summed E-state index contributed by atoms with van der Waals surface area (Å²) in [4.78, 5) is 23.3. The van der Waals surface area contributed by atoms with Gasteiger partial charge in [0.15, 0.2) is 5.78 Å². The Morgan fingerprint density at radius 2 is 1.71 bits per heavy atom. The Bertz CT molecular complexity index is 382. The van der Waals surface area contributed by atoms with Gasteiger partial charge in [-0.05, 0) is 6.92 Å². The number of Topliss-reactive ketones (excluding diaryl/α,β-unsaturated/α-hetero) is 2. The van der Waals surface area contributed by atoms with Crippen LogP contribution in [0.3, 0.4) is 0 Å². The Hall–Kier alpha value is -1.48. The average Bonchev–Trinajstić information content (AvgIpc) is 2.35. The fraction of sp³-hybridized carbons (Fsp3) is 0.429. The number of carbonyl (C=O) groups is 2. The van der Waals surface area contributed by atoms with Gasteiger partial charge in [0.1, 0.15) is 5.78 Å². The van der Waals surface area contributed by atoms with Crippen LogP contribution in [0, 0.1) is 5.92 Å². The topological polar surface area (TPSA) is 54.4 Å². The molecule has 1 aromatic carbocycles. The number of aliphatic hydroxyl groups is 1. The lowest BCUT2D eigenvalue weighted by atomic mass is 9.95. The molecule has 0 aliphatic rings. The number of ketones is 2.